The molecule has 3 aromatic carbocycles. The first-order chi connectivity index (χ1) is 15.8. The van der Waals surface area contributed by atoms with Gasteiger partial charge in [-0.1, -0.05) is 36.4 Å². The van der Waals surface area contributed by atoms with Gasteiger partial charge in [0, 0.05) is 18.4 Å². The second-order valence-electron chi connectivity index (χ2n) is 7.96. The third-order valence-corrected chi connectivity index (χ3v) is 6.93. The number of hydrogen-bond acceptors (Lipinski definition) is 5. The molecule has 170 valence electrons. The van der Waals surface area contributed by atoms with E-state index in [-0.39, 0.29) is 16.7 Å². The summed E-state index contributed by atoms with van der Waals surface area (Å²) in [7, 11) is -3.28. The van der Waals surface area contributed by atoms with E-state index in [9.17, 15) is 17.2 Å². The van der Waals surface area contributed by atoms with Crippen LogP contribution in [0.5, 0.6) is 5.75 Å². The molecule has 0 saturated carbocycles. The lowest BCUT2D eigenvalue weighted by molar-refractivity contribution is -0.0507. The summed E-state index contributed by atoms with van der Waals surface area (Å²) in [4.78, 5) is 4.99. The Bertz CT molecular complexity index is 1430. The smallest absolute Gasteiger partial charge is 0.387 e. The summed E-state index contributed by atoms with van der Waals surface area (Å²) in [5, 5.41) is 3.31. The SMILES string of the molecule is CS(=O)(=O)c1ccc(-c2ccc3nc4n(c3c2)[C@H](c2ccccc2OC(F)F)CNC4)cc1. The summed E-state index contributed by atoms with van der Waals surface area (Å²) in [5.41, 5.74) is 4.08. The molecular weight excluding hydrogens is 448 g/mol. The van der Waals surface area contributed by atoms with Crippen LogP contribution < -0.4 is 10.1 Å². The lowest BCUT2D eigenvalue weighted by Crippen LogP contribution is -2.34. The van der Waals surface area contributed by atoms with Gasteiger partial charge in [-0.25, -0.2) is 13.4 Å². The molecule has 0 unspecified atom stereocenters. The van der Waals surface area contributed by atoms with E-state index < -0.39 is 16.4 Å². The maximum atomic E-state index is 13.0. The van der Waals surface area contributed by atoms with Gasteiger partial charge in [0.15, 0.2) is 9.84 Å². The van der Waals surface area contributed by atoms with E-state index in [2.05, 4.69) is 9.88 Å². The summed E-state index contributed by atoms with van der Waals surface area (Å²) < 4.78 is 56.4. The molecule has 0 spiro atoms. The second kappa shape index (κ2) is 8.24. The quantitative estimate of drug-likeness (QED) is 0.469. The summed E-state index contributed by atoms with van der Waals surface area (Å²) in [6.45, 7) is -1.82. The maximum absolute atomic E-state index is 13.0. The second-order valence-corrected chi connectivity index (χ2v) is 9.98. The summed E-state index contributed by atoms with van der Waals surface area (Å²) in [6.07, 6.45) is 1.18. The highest BCUT2D eigenvalue weighted by Crippen LogP contribution is 2.35. The number of nitrogens with one attached hydrogen (secondary N) is 1. The molecule has 1 aromatic heterocycles. The Hall–Kier alpha value is -3.30. The molecule has 6 nitrogen and oxygen atoms in total. The molecule has 0 amide bonds. The van der Waals surface area contributed by atoms with E-state index in [4.69, 9.17) is 9.72 Å². The van der Waals surface area contributed by atoms with Gasteiger partial charge in [0.25, 0.3) is 0 Å². The molecule has 0 fully saturated rings. The summed E-state index contributed by atoms with van der Waals surface area (Å²) in [5.74, 6) is 0.944. The van der Waals surface area contributed by atoms with Crippen LogP contribution in [0.1, 0.15) is 17.4 Å². The molecule has 1 aliphatic heterocycles. The number of fused-ring (bicyclic) bond motifs is 3. The molecule has 2 heterocycles. The standard InChI is InChI=1S/C24H21F2N3O3S/c1-33(30,31)17-9-6-15(7-10-17)16-8-11-19-20(12-16)29-21(13-27-14-23(29)28-19)18-4-2-3-5-22(18)32-24(25)26/h2-12,21,24,27H,13-14H2,1H3/t21-/m0/s1. The first-order valence-electron chi connectivity index (χ1n) is 10.4. The predicted molar refractivity (Wildman–Crippen MR) is 121 cm³/mol. The number of halogens is 2. The molecule has 1 N–H and O–H groups in total. The van der Waals surface area contributed by atoms with Crippen molar-refractivity contribution in [1.82, 2.24) is 14.9 Å². The van der Waals surface area contributed by atoms with Crippen molar-refractivity contribution < 1.29 is 21.9 Å². The number of benzene rings is 3. The number of hydrogen-bond donors (Lipinski definition) is 1. The van der Waals surface area contributed by atoms with Crippen molar-refractivity contribution in [2.75, 3.05) is 12.8 Å². The maximum Gasteiger partial charge on any atom is 0.387 e. The average molecular weight is 470 g/mol. The molecule has 0 saturated heterocycles. The van der Waals surface area contributed by atoms with Crippen LogP contribution in [0.15, 0.2) is 71.6 Å². The van der Waals surface area contributed by atoms with Crippen LogP contribution in [0, 0.1) is 0 Å². The van der Waals surface area contributed by atoms with Crippen LogP contribution in [0.2, 0.25) is 0 Å². The fourth-order valence-electron chi connectivity index (χ4n) is 4.31. The lowest BCUT2D eigenvalue weighted by atomic mass is 10.0. The Morgan fingerprint density at radius 1 is 1.06 bits per heavy atom. The van der Waals surface area contributed by atoms with Crippen molar-refractivity contribution in [2.45, 2.75) is 24.1 Å². The zero-order chi connectivity index (χ0) is 23.2. The summed E-state index contributed by atoms with van der Waals surface area (Å²) >= 11 is 0. The largest absolute Gasteiger partial charge is 0.434 e. The molecule has 0 aliphatic carbocycles. The molecular formula is C24H21F2N3O3S. The van der Waals surface area contributed by atoms with E-state index in [1.54, 1.807) is 48.5 Å². The third kappa shape index (κ3) is 4.09. The number of imidazole rings is 1. The van der Waals surface area contributed by atoms with Gasteiger partial charge in [-0.15, -0.1) is 0 Å². The number of ether oxygens (including phenoxy) is 1. The van der Waals surface area contributed by atoms with Crippen LogP contribution in [0.4, 0.5) is 8.78 Å². The first kappa shape index (κ1) is 21.5. The Balaban J connectivity index is 1.61. The zero-order valence-corrected chi connectivity index (χ0v) is 18.5. The van der Waals surface area contributed by atoms with Crippen molar-refractivity contribution in [2.24, 2.45) is 0 Å². The van der Waals surface area contributed by atoms with E-state index >= 15 is 0 Å². The first-order valence-corrected chi connectivity index (χ1v) is 12.3. The average Bonchev–Trinajstić information content (AvgIpc) is 3.17. The highest BCUT2D eigenvalue weighted by molar-refractivity contribution is 7.90. The van der Waals surface area contributed by atoms with E-state index in [0.29, 0.717) is 18.7 Å². The topological polar surface area (TPSA) is 73.2 Å². The van der Waals surface area contributed by atoms with Gasteiger partial charge in [0.2, 0.25) is 0 Å². The number of rotatable bonds is 5. The zero-order valence-electron chi connectivity index (χ0n) is 17.7. The van der Waals surface area contributed by atoms with E-state index in [1.807, 2.05) is 18.2 Å². The Morgan fingerprint density at radius 2 is 1.79 bits per heavy atom. The Morgan fingerprint density at radius 3 is 2.52 bits per heavy atom. The van der Waals surface area contributed by atoms with Crippen LogP contribution in [-0.2, 0) is 16.4 Å². The monoisotopic (exact) mass is 469 g/mol. The molecule has 33 heavy (non-hydrogen) atoms. The van der Waals surface area contributed by atoms with Crippen LogP contribution >= 0.6 is 0 Å². The molecule has 0 bridgehead atoms. The van der Waals surface area contributed by atoms with Crippen LogP contribution in [0.25, 0.3) is 22.2 Å². The minimum atomic E-state index is -3.28. The van der Waals surface area contributed by atoms with Gasteiger partial charge in [-0.2, -0.15) is 8.78 Å². The molecule has 0 radical (unpaired) electrons. The van der Waals surface area contributed by atoms with Crippen molar-refractivity contribution in [3.63, 3.8) is 0 Å². The third-order valence-electron chi connectivity index (χ3n) is 5.80. The number of aromatic nitrogens is 2. The van der Waals surface area contributed by atoms with E-state index in [1.165, 1.54) is 6.26 Å². The minimum absolute atomic E-state index is 0.140. The van der Waals surface area contributed by atoms with Gasteiger partial charge in [-0.05, 0) is 41.5 Å². The fourth-order valence-corrected chi connectivity index (χ4v) is 4.94. The number of sulfone groups is 1. The Kier molecular flexibility index (Phi) is 5.38. The molecule has 1 aliphatic rings. The number of alkyl halides is 2. The van der Waals surface area contributed by atoms with Gasteiger partial charge in [0.05, 0.1) is 28.5 Å². The van der Waals surface area contributed by atoms with Gasteiger partial charge < -0.3 is 14.6 Å². The number of nitrogens with zero attached hydrogens (tertiary/aromatic N) is 2. The Labute approximate surface area is 189 Å². The number of para-hydroxylation sites is 1. The molecule has 9 heteroatoms. The molecule has 5 rings (SSSR count). The van der Waals surface area contributed by atoms with Gasteiger partial charge in [0.1, 0.15) is 11.6 Å². The van der Waals surface area contributed by atoms with Crippen LogP contribution in [0.3, 0.4) is 0 Å². The summed E-state index contributed by atoms with van der Waals surface area (Å²) in [6, 6.07) is 19.1. The van der Waals surface area contributed by atoms with E-state index in [0.717, 1.165) is 28.0 Å². The lowest BCUT2D eigenvalue weighted by Gasteiger charge is -2.28. The van der Waals surface area contributed by atoms with Crippen molar-refractivity contribution in [1.29, 1.82) is 0 Å². The van der Waals surface area contributed by atoms with Crippen molar-refractivity contribution in [3.05, 3.63) is 78.1 Å². The molecule has 1 atom stereocenters. The fraction of sp³-hybridized carbons (Fsp3) is 0.208. The molecule has 4 aromatic rings. The van der Waals surface area contributed by atoms with Gasteiger partial charge in [-0.3, -0.25) is 0 Å². The van der Waals surface area contributed by atoms with Crippen molar-refractivity contribution in [3.8, 4) is 16.9 Å². The predicted octanol–water partition coefficient (Wildman–Crippen LogP) is 4.40. The van der Waals surface area contributed by atoms with Gasteiger partial charge >= 0.3 is 6.61 Å². The van der Waals surface area contributed by atoms with Crippen LogP contribution in [-0.4, -0.2) is 37.4 Å². The highest BCUT2D eigenvalue weighted by atomic mass is 32.2. The normalized spacial score (nSPS) is 16.2. The minimum Gasteiger partial charge on any atom is -0.434 e. The highest BCUT2D eigenvalue weighted by Gasteiger charge is 2.27. The van der Waals surface area contributed by atoms with Crippen molar-refractivity contribution >= 4 is 20.9 Å².